The van der Waals surface area contributed by atoms with Gasteiger partial charge in [0.05, 0.1) is 6.54 Å². The van der Waals surface area contributed by atoms with Gasteiger partial charge in [0.1, 0.15) is 0 Å². The summed E-state index contributed by atoms with van der Waals surface area (Å²) in [5.41, 5.74) is 0. The summed E-state index contributed by atoms with van der Waals surface area (Å²) in [6, 6.07) is 0. The molecule has 7 heteroatoms. The van der Waals surface area contributed by atoms with Crippen molar-refractivity contribution in [2.75, 3.05) is 46.3 Å². The molecule has 3 aliphatic rings. The predicted octanol–water partition coefficient (Wildman–Crippen LogP) is 2.57. The smallest absolute Gasteiger partial charge is 0.356 e. The first-order chi connectivity index (χ1) is 11.4. The highest BCUT2D eigenvalue weighted by molar-refractivity contribution is 5.80. The number of hydrogen-bond donors (Lipinski definition) is 1. The van der Waals surface area contributed by atoms with E-state index in [1.165, 1.54) is 30.6 Å². The Kier molecular flexibility index (Phi) is 5.57. The zero-order valence-electron chi connectivity index (χ0n) is 14.5. The van der Waals surface area contributed by atoms with E-state index in [0.29, 0.717) is 19.6 Å². The molecule has 3 atom stereocenters. The number of halogens is 3. The molecule has 2 heterocycles. The van der Waals surface area contributed by atoms with Gasteiger partial charge in [-0.3, -0.25) is 9.89 Å². The van der Waals surface area contributed by atoms with E-state index >= 15 is 0 Å². The quantitative estimate of drug-likeness (QED) is 0.629. The maximum atomic E-state index is 12.5. The molecule has 0 spiro atoms. The number of hydrogen-bond acceptors (Lipinski definition) is 2. The lowest BCUT2D eigenvalue weighted by molar-refractivity contribution is -0.143. The molecule has 2 aliphatic heterocycles. The van der Waals surface area contributed by atoms with Gasteiger partial charge in [-0.15, -0.1) is 0 Å². The molecule has 1 N–H and O–H groups in total. The van der Waals surface area contributed by atoms with Crippen LogP contribution < -0.4 is 5.32 Å². The van der Waals surface area contributed by atoms with Crippen LogP contribution in [0.15, 0.2) is 4.99 Å². The Hall–Kier alpha value is -0.980. The van der Waals surface area contributed by atoms with Crippen molar-refractivity contribution in [2.45, 2.75) is 38.3 Å². The van der Waals surface area contributed by atoms with Crippen molar-refractivity contribution in [1.82, 2.24) is 15.1 Å². The number of likely N-dealkylation sites (tertiary alicyclic amines) is 2. The van der Waals surface area contributed by atoms with Crippen LogP contribution in [0.3, 0.4) is 0 Å². The molecule has 0 radical (unpaired) electrons. The van der Waals surface area contributed by atoms with E-state index in [4.69, 9.17) is 0 Å². The van der Waals surface area contributed by atoms with Crippen molar-refractivity contribution < 1.29 is 13.2 Å². The highest BCUT2D eigenvalue weighted by Crippen LogP contribution is 2.36. The van der Waals surface area contributed by atoms with Crippen molar-refractivity contribution in [3.8, 4) is 0 Å². The molecule has 0 amide bonds. The van der Waals surface area contributed by atoms with Gasteiger partial charge < -0.3 is 10.2 Å². The summed E-state index contributed by atoms with van der Waals surface area (Å²) in [7, 11) is 1.80. The summed E-state index contributed by atoms with van der Waals surface area (Å²) in [6.45, 7) is 3.15. The monoisotopic (exact) mass is 346 g/mol. The minimum atomic E-state index is -4.09. The van der Waals surface area contributed by atoms with Crippen molar-refractivity contribution in [2.24, 2.45) is 22.7 Å². The normalized spacial score (nSPS) is 32.2. The van der Waals surface area contributed by atoms with Gasteiger partial charge in [0.2, 0.25) is 0 Å². The maximum Gasteiger partial charge on any atom is 0.401 e. The van der Waals surface area contributed by atoms with Crippen LogP contribution in [0.25, 0.3) is 0 Å². The van der Waals surface area contributed by atoms with E-state index in [-0.39, 0.29) is 5.92 Å². The zero-order chi connectivity index (χ0) is 17.2. The van der Waals surface area contributed by atoms with Crippen molar-refractivity contribution in [1.29, 1.82) is 0 Å². The molecule has 2 saturated heterocycles. The van der Waals surface area contributed by atoms with Gasteiger partial charge in [0, 0.05) is 33.2 Å². The highest BCUT2D eigenvalue weighted by atomic mass is 19.4. The number of guanidine groups is 1. The molecular formula is C17H29F3N4. The van der Waals surface area contributed by atoms with Crippen LogP contribution in [0, 0.1) is 17.8 Å². The molecule has 0 aromatic rings. The summed E-state index contributed by atoms with van der Waals surface area (Å²) in [5.74, 6) is 2.80. The van der Waals surface area contributed by atoms with Crippen LogP contribution in [0.1, 0.15) is 32.1 Å². The molecule has 1 aliphatic carbocycles. The molecule has 3 rings (SSSR count). The highest BCUT2D eigenvalue weighted by Gasteiger charge is 2.36. The van der Waals surface area contributed by atoms with Gasteiger partial charge in [0.15, 0.2) is 5.96 Å². The number of nitrogens with one attached hydrogen (secondary N) is 1. The van der Waals surface area contributed by atoms with E-state index in [2.05, 4.69) is 15.2 Å². The van der Waals surface area contributed by atoms with E-state index in [0.717, 1.165) is 37.3 Å². The molecule has 138 valence electrons. The minimum Gasteiger partial charge on any atom is -0.356 e. The average molecular weight is 346 g/mol. The number of fused-ring (bicyclic) bond motifs is 1. The van der Waals surface area contributed by atoms with Gasteiger partial charge in [-0.05, 0) is 43.6 Å². The SMILES string of the molecule is CN=C(NCC1CCN(CC(F)(F)F)C1)N1CC2CCCCC2C1. The second-order valence-electron chi connectivity index (χ2n) is 7.64. The van der Waals surface area contributed by atoms with Crippen LogP contribution in [-0.2, 0) is 0 Å². The van der Waals surface area contributed by atoms with Crippen LogP contribution in [0.5, 0.6) is 0 Å². The minimum absolute atomic E-state index is 0.272. The first-order valence-electron chi connectivity index (χ1n) is 9.19. The molecule has 24 heavy (non-hydrogen) atoms. The van der Waals surface area contributed by atoms with Gasteiger partial charge in [0.25, 0.3) is 0 Å². The largest absolute Gasteiger partial charge is 0.401 e. The number of aliphatic imine (C=N–C) groups is 1. The van der Waals surface area contributed by atoms with Crippen LogP contribution >= 0.6 is 0 Å². The van der Waals surface area contributed by atoms with Crippen molar-refractivity contribution >= 4 is 5.96 Å². The Labute approximate surface area is 142 Å². The second kappa shape index (κ2) is 7.50. The first-order valence-corrected chi connectivity index (χ1v) is 9.19. The number of rotatable bonds is 3. The fraction of sp³-hybridized carbons (Fsp3) is 0.941. The van der Waals surface area contributed by atoms with E-state index in [1.54, 1.807) is 7.05 Å². The molecular weight excluding hydrogens is 317 g/mol. The molecule has 4 nitrogen and oxygen atoms in total. The lowest BCUT2D eigenvalue weighted by Gasteiger charge is -2.23. The van der Waals surface area contributed by atoms with Crippen LogP contribution in [0.2, 0.25) is 0 Å². The summed E-state index contributed by atoms with van der Waals surface area (Å²) >= 11 is 0. The van der Waals surface area contributed by atoms with Gasteiger partial charge >= 0.3 is 6.18 Å². The van der Waals surface area contributed by atoms with Crippen molar-refractivity contribution in [3.63, 3.8) is 0 Å². The molecule has 3 unspecified atom stereocenters. The fourth-order valence-corrected chi connectivity index (χ4v) is 4.62. The molecule has 0 bridgehead atoms. The number of alkyl halides is 3. The first kappa shape index (κ1) is 17.8. The fourth-order valence-electron chi connectivity index (χ4n) is 4.62. The Bertz CT molecular complexity index is 438. The predicted molar refractivity (Wildman–Crippen MR) is 89.0 cm³/mol. The van der Waals surface area contributed by atoms with E-state index < -0.39 is 12.7 Å². The third kappa shape index (κ3) is 4.55. The van der Waals surface area contributed by atoms with E-state index in [9.17, 15) is 13.2 Å². The van der Waals surface area contributed by atoms with Crippen LogP contribution in [0.4, 0.5) is 13.2 Å². The Morgan fingerprint density at radius 1 is 1.08 bits per heavy atom. The topological polar surface area (TPSA) is 30.9 Å². The van der Waals surface area contributed by atoms with Gasteiger partial charge in [-0.1, -0.05) is 12.8 Å². The third-order valence-corrected chi connectivity index (χ3v) is 5.81. The molecule has 3 fully saturated rings. The Morgan fingerprint density at radius 2 is 1.75 bits per heavy atom. The summed E-state index contributed by atoms with van der Waals surface area (Å²) < 4.78 is 37.4. The third-order valence-electron chi connectivity index (χ3n) is 5.81. The van der Waals surface area contributed by atoms with Crippen LogP contribution in [-0.4, -0.2) is 68.3 Å². The average Bonchev–Trinajstić information content (AvgIpc) is 3.12. The summed E-state index contributed by atoms with van der Waals surface area (Å²) in [5, 5.41) is 3.41. The Morgan fingerprint density at radius 3 is 2.33 bits per heavy atom. The lowest BCUT2D eigenvalue weighted by Crippen LogP contribution is -2.42. The van der Waals surface area contributed by atoms with Crippen molar-refractivity contribution in [3.05, 3.63) is 0 Å². The van der Waals surface area contributed by atoms with Gasteiger partial charge in [-0.25, -0.2) is 0 Å². The molecule has 0 aromatic heterocycles. The van der Waals surface area contributed by atoms with Gasteiger partial charge in [-0.2, -0.15) is 13.2 Å². The molecule has 0 aromatic carbocycles. The summed E-state index contributed by atoms with van der Waals surface area (Å²) in [4.78, 5) is 8.27. The second-order valence-corrected chi connectivity index (χ2v) is 7.64. The molecule has 1 saturated carbocycles. The van der Waals surface area contributed by atoms with E-state index in [1.807, 2.05) is 0 Å². The summed E-state index contributed by atoms with van der Waals surface area (Å²) in [6.07, 6.45) is 2.08. The maximum absolute atomic E-state index is 12.5. The standard InChI is InChI=1S/C17H29F3N4/c1-21-16(24-10-14-4-2-3-5-15(14)11-24)22-8-13-6-7-23(9-13)12-17(18,19)20/h13-15H,2-12H2,1H3,(H,21,22). The zero-order valence-corrected chi connectivity index (χ0v) is 14.5. The Balaban J connectivity index is 1.44. The number of nitrogens with zero attached hydrogens (tertiary/aromatic N) is 3. The lowest BCUT2D eigenvalue weighted by atomic mass is 9.82.